The maximum atomic E-state index is 13.0. The van der Waals surface area contributed by atoms with Crippen LogP contribution in [0.5, 0.6) is 0 Å². The number of benzene rings is 2. The molecule has 38 heavy (non-hydrogen) atoms. The molecule has 4 aromatic rings. The lowest BCUT2D eigenvalue weighted by atomic mass is 9.93. The maximum Gasteiger partial charge on any atom is 0.416 e. The molecule has 2 aromatic carbocycles. The first-order chi connectivity index (χ1) is 18.2. The highest BCUT2D eigenvalue weighted by atomic mass is 19.4. The van der Waals surface area contributed by atoms with Crippen LogP contribution < -0.4 is 4.90 Å². The molecular formula is C29H29F3N4O2. The number of aryl methyl sites for hydroxylation is 1. The van der Waals surface area contributed by atoms with Crippen LogP contribution >= 0.6 is 0 Å². The molecule has 5 rings (SSSR count). The van der Waals surface area contributed by atoms with Gasteiger partial charge in [0.25, 0.3) is 0 Å². The predicted octanol–water partition coefficient (Wildman–Crippen LogP) is 6.79. The first kappa shape index (κ1) is 25.8. The molecular weight excluding hydrogens is 493 g/mol. The summed E-state index contributed by atoms with van der Waals surface area (Å²) in [6.45, 7) is 5.94. The number of hydrogen-bond donors (Lipinski definition) is 1. The number of piperidine rings is 1. The van der Waals surface area contributed by atoms with E-state index in [-0.39, 0.29) is 5.97 Å². The fourth-order valence-electron chi connectivity index (χ4n) is 4.98. The van der Waals surface area contributed by atoms with Crippen molar-refractivity contribution in [3.8, 4) is 22.5 Å². The number of H-pyrrole nitrogens is 1. The number of ether oxygens (including phenoxy) is 1. The van der Waals surface area contributed by atoms with E-state index in [4.69, 9.17) is 9.72 Å². The number of rotatable bonds is 6. The zero-order chi connectivity index (χ0) is 26.9. The van der Waals surface area contributed by atoms with Crippen LogP contribution in [0.25, 0.3) is 33.5 Å². The molecule has 1 N–H and O–H groups in total. The number of nitrogens with zero attached hydrogens (tertiary/aromatic N) is 3. The first-order valence-corrected chi connectivity index (χ1v) is 12.8. The Labute approximate surface area is 218 Å². The molecule has 198 valence electrons. The van der Waals surface area contributed by atoms with Gasteiger partial charge in [0.1, 0.15) is 11.6 Å². The predicted molar refractivity (Wildman–Crippen MR) is 141 cm³/mol. The van der Waals surface area contributed by atoms with E-state index in [0.717, 1.165) is 66.3 Å². The molecule has 1 saturated heterocycles. The van der Waals surface area contributed by atoms with Crippen molar-refractivity contribution >= 4 is 22.8 Å². The number of fused-ring (bicyclic) bond motifs is 1. The Balaban J connectivity index is 1.27. The quantitative estimate of drug-likeness (QED) is 0.282. The minimum absolute atomic E-state index is 0.119. The molecule has 0 unspecified atom stereocenters. The van der Waals surface area contributed by atoms with Crippen LogP contribution in [0.1, 0.15) is 37.4 Å². The molecule has 0 atom stereocenters. The van der Waals surface area contributed by atoms with Crippen molar-refractivity contribution in [3.05, 3.63) is 65.9 Å². The third-order valence-corrected chi connectivity index (χ3v) is 7.05. The summed E-state index contributed by atoms with van der Waals surface area (Å²) in [4.78, 5) is 26.3. The van der Waals surface area contributed by atoms with Gasteiger partial charge in [-0.3, -0.25) is 4.79 Å². The second-order valence-electron chi connectivity index (χ2n) is 9.63. The molecule has 1 fully saturated rings. The number of hydrogen-bond acceptors (Lipinski definition) is 5. The molecule has 9 heteroatoms. The van der Waals surface area contributed by atoms with E-state index in [0.29, 0.717) is 35.8 Å². The molecule has 1 aliphatic rings. The molecule has 6 nitrogen and oxygen atoms in total. The van der Waals surface area contributed by atoms with E-state index >= 15 is 0 Å². The van der Waals surface area contributed by atoms with Gasteiger partial charge in [-0.2, -0.15) is 13.2 Å². The van der Waals surface area contributed by atoms with Crippen molar-refractivity contribution in [1.82, 2.24) is 15.0 Å². The lowest BCUT2D eigenvalue weighted by Crippen LogP contribution is -2.35. The summed E-state index contributed by atoms with van der Waals surface area (Å²) in [5.41, 5.74) is 3.82. The highest BCUT2D eigenvalue weighted by molar-refractivity contribution is 5.81. The summed E-state index contributed by atoms with van der Waals surface area (Å²) >= 11 is 0. The van der Waals surface area contributed by atoms with Crippen LogP contribution in [0.4, 0.5) is 19.0 Å². The highest BCUT2D eigenvalue weighted by Gasteiger charge is 2.30. The topological polar surface area (TPSA) is 71.1 Å². The van der Waals surface area contributed by atoms with Crippen LogP contribution in [0.3, 0.4) is 0 Å². The van der Waals surface area contributed by atoms with Crippen LogP contribution in [0.15, 0.2) is 54.6 Å². The van der Waals surface area contributed by atoms with Crippen LogP contribution in [0.2, 0.25) is 0 Å². The average Bonchev–Trinajstić information content (AvgIpc) is 3.32. The number of halogens is 3. The largest absolute Gasteiger partial charge is 0.466 e. The number of carbonyl (C=O) groups excluding carboxylic acids is 1. The van der Waals surface area contributed by atoms with Crippen molar-refractivity contribution < 1.29 is 22.7 Å². The zero-order valence-corrected chi connectivity index (χ0v) is 21.3. The summed E-state index contributed by atoms with van der Waals surface area (Å²) in [5, 5.41) is 0. The van der Waals surface area contributed by atoms with Crippen LogP contribution in [-0.4, -0.2) is 40.6 Å². The summed E-state index contributed by atoms with van der Waals surface area (Å²) < 4.78 is 44.2. The van der Waals surface area contributed by atoms with E-state index in [1.165, 1.54) is 6.07 Å². The number of aromatic nitrogens is 3. The number of pyridine rings is 1. The van der Waals surface area contributed by atoms with Gasteiger partial charge in [-0.15, -0.1) is 0 Å². The Morgan fingerprint density at radius 1 is 1.03 bits per heavy atom. The average molecular weight is 523 g/mol. The fourth-order valence-corrected chi connectivity index (χ4v) is 4.98. The van der Waals surface area contributed by atoms with Gasteiger partial charge in [0.05, 0.1) is 23.2 Å². The Kier molecular flexibility index (Phi) is 7.10. The third-order valence-electron chi connectivity index (χ3n) is 7.05. The van der Waals surface area contributed by atoms with Crippen molar-refractivity contribution in [2.24, 2.45) is 5.92 Å². The second-order valence-corrected chi connectivity index (χ2v) is 9.63. The van der Waals surface area contributed by atoms with E-state index in [2.05, 4.69) is 20.9 Å². The van der Waals surface area contributed by atoms with Gasteiger partial charge in [0, 0.05) is 36.3 Å². The SMILES string of the molecule is CCOC(=O)CC1CCN(c2ccc(-c3ccc(-c4nc5ccc(C(F)(F)F)cc5[nH]4)cc3)c(C)n2)CC1. The summed E-state index contributed by atoms with van der Waals surface area (Å²) in [6.07, 6.45) is -2.06. The molecule has 0 radical (unpaired) electrons. The van der Waals surface area contributed by atoms with Crippen molar-refractivity contribution in [1.29, 1.82) is 0 Å². The number of imidazole rings is 1. The van der Waals surface area contributed by atoms with Crippen LogP contribution in [-0.2, 0) is 15.7 Å². The van der Waals surface area contributed by atoms with Gasteiger partial charge in [-0.1, -0.05) is 24.3 Å². The number of esters is 1. The van der Waals surface area contributed by atoms with Crippen molar-refractivity contribution in [2.75, 3.05) is 24.6 Å². The number of anilines is 1. The van der Waals surface area contributed by atoms with Crippen molar-refractivity contribution in [3.63, 3.8) is 0 Å². The molecule has 0 aliphatic carbocycles. The minimum atomic E-state index is -4.40. The van der Waals surface area contributed by atoms with Gasteiger partial charge >= 0.3 is 12.1 Å². The molecule has 2 aromatic heterocycles. The molecule has 0 amide bonds. The third kappa shape index (κ3) is 5.51. The lowest BCUT2D eigenvalue weighted by Gasteiger charge is -2.32. The Morgan fingerprint density at radius 3 is 2.39 bits per heavy atom. The number of alkyl halides is 3. The lowest BCUT2D eigenvalue weighted by molar-refractivity contribution is -0.144. The molecule has 0 saturated carbocycles. The number of aromatic amines is 1. The van der Waals surface area contributed by atoms with Crippen LogP contribution in [0, 0.1) is 12.8 Å². The van der Waals surface area contributed by atoms with E-state index in [9.17, 15) is 18.0 Å². The van der Waals surface area contributed by atoms with Gasteiger partial charge in [0.2, 0.25) is 0 Å². The standard InChI is InChI=1S/C29H29F3N4O2/c1-3-38-27(37)16-19-12-14-36(15-13-19)26-11-9-23(18(2)33-26)20-4-6-21(7-5-20)28-34-24-10-8-22(29(30,31)32)17-25(24)35-28/h4-11,17,19H,3,12-16H2,1-2H3,(H,34,35). The molecule has 0 spiro atoms. The first-order valence-electron chi connectivity index (χ1n) is 12.8. The Morgan fingerprint density at radius 2 is 1.74 bits per heavy atom. The Bertz CT molecular complexity index is 1440. The molecule has 3 heterocycles. The van der Waals surface area contributed by atoms with E-state index in [1.54, 1.807) is 0 Å². The monoisotopic (exact) mass is 522 g/mol. The van der Waals surface area contributed by atoms with E-state index in [1.807, 2.05) is 44.2 Å². The molecule has 0 bridgehead atoms. The zero-order valence-electron chi connectivity index (χ0n) is 21.3. The Hall–Kier alpha value is -3.88. The van der Waals surface area contributed by atoms with Gasteiger partial charge in [-0.25, -0.2) is 9.97 Å². The van der Waals surface area contributed by atoms with Gasteiger partial charge < -0.3 is 14.6 Å². The summed E-state index contributed by atoms with van der Waals surface area (Å²) in [7, 11) is 0. The number of carbonyl (C=O) groups is 1. The minimum Gasteiger partial charge on any atom is -0.466 e. The second kappa shape index (κ2) is 10.5. The van der Waals surface area contributed by atoms with Gasteiger partial charge in [0.15, 0.2) is 0 Å². The summed E-state index contributed by atoms with van der Waals surface area (Å²) in [5.74, 6) is 1.68. The highest BCUT2D eigenvalue weighted by Crippen LogP contribution is 2.33. The number of nitrogens with one attached hydrogen (secondary N) is 1. The van der Waals surface area contributed by atoms with Gasteiger partial charge in [-0.05, 0) is 68.5 Å². The smallest absolute Gasteiger partial charge is 0.416 e. The van der Waals surface area contributed by atoms with E-state index < -0.39 is 11.7 Å². The normalized spacial score (nSPS) is 14.7. The maximum absolute atomic E-state index is 13.0. The molecule has 1 aliphatic heterocycles. The summed E-state index contributed by atoms with van der Waals surface area (Å²) in [6, 6.07) is 15.3. The van der Waals surface area contributed by atoms with Crippen molar-refractivity contribution in [2.45, 2.75) is 39.3 Å². The fraction of sp³-hybridized carbons (Fsp3) is 0.345.